The van der Waals surface area contributed by atoms with Gasteiger partial charge in [-0.1, -0.05) is 6.92 Å². The van der Waals surface area contributed by atoms with E-state index in [0.717, 1.165) is 18.0 Å². The van der Waals surface area contributed by atoms with Crippen LogP contribution in [-0.4, -0.2) is 34.3 Å². The minimum atomic E-state index is 0.101. The van der Waals surface area contributed by atoms with Gasteiger partial charge in [-0.2, -0.15) is 5.10 Å². The van der Waals surface area contributed by atoms with E-state index in [9.17, 15) is 0 Å². The molecule has 1 aromatic heterocycles. The first kappa shape index (κ1) is 10.6. The molecule has 0 saturated carbocycles. The molecule has 0 bridgehead atoms. The van der Waals surface area contributed by atoms with Gasteiger partial charge in [-0.05, 0) is 18.9 Å². The van der Waals surface area contributed by atoms with E-state index in [1.165, 1.54) is 19.5 Å². The van der Waals surface area contributed by atoms with Crippen LogP contribution in [0.15, 0.2) is 12.4 Å². The van der Waals surface area contributed by atoms with Gasteiger partial charge in [0.2, 0.25) is 0 Å². The van der Waals surface area contributed by atoms with E-state index >= 15 is 0 Å². The van der Waals surface area contributed by atoms with Crippen LogP contribution in [0, 0.1) is 5.92 Å². The first-order valence-electron chi connectivity index (χ1n) is 5.61. The summed E-state index contributed by atoms with van der Waals surface area (Å²) in [6.07, 6.45) is 5.17. The average molecular weight is 208 g/mol. The van der Waals surface area contributed by atoms with Crippen LogP contribution in [0.1, 0.15) is 24.9 Å². The third kappa shape index (κ3) is 2.58. The van der Waals surface area contributed by atoms with Crippen LogP contribution in [0.4, 0.5) is 0 Å². The Kier molecular flexibility index (Phi) is 3.07. The van der Waals surface area contributed by atoms with E-state index in [2.05, 4.69) is 16.9 Å². The molecule has 0 aliphatic carbocycles. The summed E-state index contributed by atoms with van der Waals surface area (Å²) in [6, 6.07) is 0.101. The van der Waals surface area contributed by atoms with E-state index in [0.29, 0.717) is 0 Å². The molecule has 2 N–H and O–H groups in total. The Morgan fingerprint density at radius 1 is 1.67 bits per heavy atom. The van der Waals surface area contributed by atoms with Gasteiger partial charge in [0.25, 0.3) is 0 Å². The van der Waals surface area contributed by atoms with Gasteiger partial charge in [0, 0.05) is 37.9 Å². The lowest BCUT2D eigenvalue weighted by molar-refractivity contribution is 0.306. The maximum atomic E-state index is 6.14. The van der Waals surface area contributed by atoms with Crippen molar-refractivity contribution in [2.75, 3.05) is 19.6 Å². The third-order valence-corrected chi connectivity index (χ3v) is 3.12. The number of aromatic nitrogens is 2. The fourth-order valence-electron chi connectivity index (χ4n) is 2.21. The predicted octanol–water partition coefficient (Wildman–Crippen LogP) is 0.762. The Morgan fingerprint density at radius 2 is 2.47 bits per heavy atom. The molecule has 1 aliphatic heterocycles. The van der Waals surface area contributed by atoms with Crippen LogP contribution in [0.25, 0.3) is 0 Å². The Labute approximate surface area is 91.1 Å². The number of hydrogen-bond acceptors (Lipinski definition) is 3. The van der Waals surface area contributed by atoms with Crippen molar-refractivity contribution in [3.05, 3.63) is 18.0 Å². The van der Waals surface area contributed by atoms with Gasteiger partial charge < -0.3 is 10.6 Å². The number of nitrogens with two attached hydrogens (primary N) is 1. The summed E-state index contributed by atoms with van der Waals surface area (Å²) in [5.74, 6) is 0.825. The van der Waals surface area contributed by atoms with E-state index < -0.39 is 0 Å². The molecule has 0 aromatic carbocycles. The van der Waals surface area contributed by atoms with Crippen LogP contribution < -0.4 is 5.73 Å². The summed E-state index contributed by atoms with van der Waals surface area (Å²) in [5.41, 5.74) is 7.27. The first-order valence-corrected chi connectivity index (χ1v) is 5.61. The fraction of sp³-hybridized carbons (Fsp3) is 0.727. The largest absolute Gasteiger partial charge is 0.323 e. The fourth-order valence-corrected chi connectivity index (χ4v) is 2.21. The maximum absolute atomic E-state index is 6.14. The molecule has 84 valence electrons. The highest BCUT2D eigenvalue weighted by Gasteiger charge is 2.21. The normalized spacial score (nSPS) is 24.6. The van der Waals surface area contributed by atoms with E-state index in [4.69, 9.17) is 5.73 Å². The van der Waals surface area contributed by atoms with Gasteiger partial charge in [0.15, 0.2) is 0 Å². The highest BCUT2D eigenvalue weighted by molar-refractivity contribution is 5.10. The van der Waals surface area contributed by atoms with Crippen molar-refractivity contribution in [1.82, 2.24) is 14.7 Å². The van der Waals surface area contributed by atoms with Crippen LogP contribution in [0.5, 0.6) is 0 Å². The topological polar surface area (TPSA) is 47.1 Å². The monoisotopic (exact) mass is 208 g/mol. The van der Waals surface area contributed by atoms with Crippen LogP contribution in [-0.2, 0) is 7.05 Å². The summed E-state index contributed by atoms with van der Waals surface area (Å²) in [4.78, 5) is 2.45. The Hall–Kier alpha value is -0.870. The van der Waals surface area contributed by atoms with Crippen molar-refractivity contribution in [1.29, 1.82) is 0 Å². The second-order valence-electron chi connectivity index (χ2n) is 4.71. The van der Waals surface area contributed by atoms with E-state index in [1.807, 2.05) is 24.1 Å². The zero-order valence-electron chi connectivity index (χ0n) is 9.56. The molecule has 2 rings (SSSR count). The quantitative estimate of drug-likeness (QED) is 0.798. The third-order valence-electron chi connectivity index (χ3n) is 3.12. The summed E-state index contributed by atoms with van der Waals surface area (Å²) in [6.45, 7) is 5.63. The van der Waals surface area contributed by atoms with Crippen LogP contribution in [0.2, 0.25) is 0 Å². The lowest BCUT2D eigenvalue weighted by Gasteiger charge is -2.19. The zero-order valence-corrected chi connectivity index (χ0v) is 9.56. The van der Waals surface area contributed by atoms with Gasteiger partial charge >= 0.3 is 0 Å². The SMILES string of the molecule is CC1CCN(CC(N)c2cnn(C)c2)C1. The summed E-state index contributed by atoms with van der Waals surface area (Å²) >= 11 is 0. The molecule has 4 nitrogen and oxygen atoms in total. The van der Waals surface area contributed by atoms with Gasteiger partial charge in [-0.15, -0.1) is 0 Å². The van der Waals surface area contributed by atoms with Gasteiger partial charge in [-0.25, -0.2) is 0 Å². The average Bonchev–Trinajstić information content (AvgIpc) is 2.75. The molecular formula is C11H20N4. The molecule has 2 heterocycles. The summed E-state index contributed by atoms with van der Waals surface area (Å²) in [7, 11) is 1.92. The van der Waals surface area contributed by atoms with E-state index in [1.54, 1.807) is 0 Å². The predicted molar refractivity (Wildman–Crippen MR) is 60.4 cm³/mol. The standard InChI is InChI=1S/C11H20N4/c1-9-3-4-15(6-9)8-11(12)10-5-13-14(2)7-10/h5,7,9,11H,3-4,6,8,12H2,1-2H3. The molecule has 4 heteroatoms. The second-order valence-corrected chi connectivity index (χ2v) is 4.71. The van der Waals surface area contributed by atoms with Gasteiger partial charge in [0.05, 0.1) is 6.20 Å². The minimum absolute atomic E-state index is 0.101. The Balaban J connectivity index is 1.89. The number of aryl methyl sites for hydroxylation is 1. The van der Waals surface area contributed by atoms with Crippen molar-refractivity contribution in [3.8, 4) is 0 Å². The smallest absolute Gasteiger partial charge is 0.0537 e. The number of nitrogens with zero attached hydrogens (tertiary/aromatic N) is 3. The van der Waals surface area contributed by atoms with Crippen molar-refractivity contribution < 1.29 is 0 Å². The molecule has 1 saturated heterocycles. The number of hydrogen-bond donors (Lipinski definition) is 1. The number of likely N-dealkylation sites (tertiary alicyclic amines) is 1. The first-order chi connectivity index (χ1) is 7.15. The molecule has 0 radical (unpaired) electrons. The van der Waals surface area contributed by atoms with Gasteiger partial charge in [-0.3, -0.25) is 4.68 Å². The maximum Gasteiger partial charge on any atom is 0.0537 e. The molecule has 2 unspecified atom stereocenters. The molecule has 2 atom stereocenters. The van der Waals surface area contributed by atoms with Gasteiger partial charge in [0.1, 0.15) is 0 Å². The highest BCUT2D eigenvalue weighted by Crippen LogP contribution is 2.18. The van der Waals surface area contributed by atoms with Crippen molar-refractivity contribution in [2.24, 2.45) is 18.7 Å². The molecule has 1 aromatic rings. The Bertz CT molecular complexity index is 320. The highest BCUT2D eigenvalue weighted by atomic mass is 15.2. The van der Waals surface area contributed by atoms with Crippen LogP contribution in [0.3, 0.4) is 0 Å². The van der Waals surface area contributed by atoms with Crippen molar-refractivity contribution >= 4 is 0 Å². The number of rotatable bonds is 3. The molecule has 0 amide bonds. The lowest BCUT2D eigenvalue weighted by Crippen LogP contribution is -2.30. The summed E-state index contributed by atoms with van der Waals surface area (Å²) in [5, 5.41) is 4.15. The van der Waals surface area contributed by atoms with Crippen molar-refractivity contribution in [3.63, 3.8) is 0 Å². The second kappa shape index (κ2) is 4.33. The lowest BCUT2D eigenvalue weighted by atomic mass is 10.1. The molecule has 1 fully saturated rings. The molecule has 1 aliphatic rings. The van der Waals surface area contributed by atoms with Crippen LogP contribution >= 0.6 is 0 Å². The molecular weight excluding hydrogens is 188 g/mol. The molecule has 15 heavy (non-hydrogen) atoms. The summed E-state index contributed by atoms with van der Waals surface area (Å²) < 4.78 is 1.81. The minimum Gasteiger partial charge on any atom is -0.323 e. The molecule has 0 spiro atoms. The van der Waals surface area contributed by atoms with Crippen molar-refractivity contribution in [2.45, 2.75) is 19.4 Å². The van der Waals surface area contributed by atoms with E-state index in [-0.39, 0.29) is 6.04 Å². The zero-order chi connectivity index (χ0) is 10.8. The Morgan fingerprint density at radius 3 is 3.00 bits per heavy atom.